The summed E-state index contributed by atoms with van der Waals surface area (Å²) in [6.45, 7) is 0.398. The summed E-state index contributed by atoms with van der Waals surface area (Å²) >= 11 is 0. The third-order valence-electron chi connectivity index (χ3n) is 5.79. The highest BCUT2D eigenvalue weighted by atomic mass is 16.5. The van der Waals surface area contributed by atoms with Gasteiger partial charge in [-0.25, -0.2) is 0 Å². The minimum atomic E-state index is -0.855. The maximum absolute atomic E-state index is 12.8. The molecular weight excluding hydrogens is 396 g/mol. The number of aliphatic carboxylic acids is 1. The van der Waals surface area contributed by atoms with Crippen LogP contribution in [-0.4, -0.2) is 35.1 Å². The van der Waals surface area contributed by atoms with Gasteiger partial charge in [0.2, 0.25) is 0 Å². The molecule has 1 aromatic heterocycles. The highest BCUT2D eigenvalue weighted by molar-refractivity contribution is 5.99. The van der Waals surface area contributed by atoms with E-state index in [0.717, 1.165) is 29.3 Å². The number of nitrogens with one attached hydrogen (secondary N) is 2. The van der Waals surface area contributed by atoms with Crippen molar-refractivity contribution in [1.82, 2.24) is 10.3 Å². The third kappa shape index (κ3) is 4.66. The number of ether oxygens (including phenoxy) is 2. The summed E-state index contributed by atoms with van der Waals surface area (Å²) in [6.07, 6.45) is 3.06. The quantitative estimate of drug-likeness (QED) is 0.532. The Balaban J connectivity index is 1.53. The molecule has 0 radical (unpaired) electrons. The molecule has 162 valence electrons. The molecule has 31 heavy (non-hydrogen) atoms. The van der Waals surface area contributed by atoms with Crippen LogP contribution in [0.2, 0.25) is 0 Å². The third-order valence-corrected chi connectivity index (χ3v) is 5.79. The predicted octanol–water partition coefficient (Wildman–Crippen LogP) is 4.13. The van der Waals surface area contributed by atoms with Crippen LogP contribution in [0.1, 0.15) is 41.7 Å². The van der Waals surface area contributed by atoms with Gasteiger partial charge in [0.25, 0.3) is 5.91 Å². The predicted molar refractivity (Wildman–Crippen MR) is 116 cm³/mol. The van der Waals surface area contributed by atoms with E-state index in [0.29, 0.717) is 36.6 Å². The Morgan fingerprint density at radius 1 is 1.10 bits per heavy atom. The minimum absolute atomic E-state index is 0.305. The molecule has 1 aliphatic rings. The number of hydrogen-bond donors (Lipinski definition) is 3. The van der Waals surface area contributed by atoms with Crippen molar-refractivity contribution in [3.05, 3.63) is 59.8 Å². The lowest BCUT2D eigenvalue weighted by molar-refractivity contribution is -0.143. The lowest BCUT2D eigenvalue weighted by atomic mass is 9.84. The average molecular weight is 422 g/mol. The van der Waals surface area contributed by atoms with E-state index in [2.05, 4.69) is 10.3 Å². The molecule has 0 bridgehead atoms. The summed E-state index contributed by atoms with van der Waals surface area (Å²) in [4.78, 5) is 27.4. The first-order chi connectivity index (χ1) is 15.0. The fourth-order valence-corrected chi connectivity index (χ4v) is 4.12. The van der Waals surface area contributed by atoms with E-state index in [1.54, 1.807) is 13.2 Å². The molecule has 7 heteroatoms. The number of methoxy groups -OCH3 is 1. The van der Waals surface area contributed by atoms with E-state index in [1.807, 2.05) is 42.5 Å². The van der Waals surface area contributed by atoms with Gasteiger partial charge in [0.15, 0.2) is 11.5 Å². The van der Waals surface area contributed by atoms with Crippen LogP contribution < -0.4 is 14.8 Å². The second-order valence-electron chi connectivity index (χ2n) is 7.86. The van der Waals surface area contributed by atoms with Gasteiger partial charge >= 0.3 is 5.97 Å². The minimum Gasteiger partial charge on any atom is -0.493 e. The Morgan fingerprint density at radius 2 is 1.87 bits per heavy atom. The second kappa shape index (κ2) is 9.12. The van der Waals surface area contributed by atoms with Crippen LogP contribution in [0.4, 0.5) is 0 Å². The zero-order chi connectivity index (χ0) is 21.8. The number of carboxylic acid groups (broad SMARTS) is 1. The molecule has 0 unspecified atom stereocenters. The van der Waals surface area contributed by atoms with Gasteiger partial charge in [-0.2, -0.15) is 0 Å². The summed E-state index contributed by atoms with van der Waals surface area (Å²) in [5.41, 5.74) is 2.16. The van der Waals surface area contributed by atoms with Crippen molar-refractivity contribution in [3.63, 3.8) is 0 Å². The van der Waals surface area contributed by atoms with Crippen LogP contribution in [0.5, 0.6) is 11.5 Å². The first kappa shape index (κ1) is 20.8. The van der Waals surface area contributed by atoms with Crippen LogP contribution in [0.15, 0.2) is 48.5 Å². The summed E-state index contributed by atoms with van der Waals surface area (Å²) in [5.74, 6) is -0.551. The number of H-pyrrole nitrogens is 1. The van der Waals surface area contributed by atoms with Gasteiger partial charge in [-0.15, -0.1) is 0 Å². The first-order valence-electron chi connectivity index (χ1n) is 10.5. The Bertz CT molecular complexity index is 1080. The lowest BCUT2D eigenvalue weighted by Crippen LogP contribution is -2.45. The maximum Gasteiger partial charge on any atom is 0.308 e. The van der Waals surface area contributed by atoms with Crippen LogP contribution in [0.25, 0.3) is 10.9 Å². The number of carbonyl (C=O) groups is 2. The molecule has 0 aliphatic heterocycles. The molecular formula is C24H26N2O5. The van der Waals surface area contributed by atoms with Crippen molar-refractivity contribution >= 4 is 22.8 Å². The molecule has 7 nitrogen and oxygen atoms in total. The number of hydrogen-bond acceptors (Lipinski definition) is 4. The van der Waals surface area contributed by atoms with Crippen molar-refractivity contribution in [2.45, 2.75) is 38.3 Å². The molecule has 1 aliphatic carbocycles. The number of fused-ring (bicyclic) bond motifs is 1. The molecule has 1 heterocycles. The van der Waals surface area contributed by atoms with E-state index in [9.17, 15) is 14.7 Å². The molecule has 0 saturated heterocycles. The van der Waals surface area contributed by atoms with Gasteiger partial charge in [-0.3, -0.25) is 9.59 Å². The van der Waals surface area contributed by atoms with E-state index >= 15 is 0 Å². The standard InChI is InChI=1S/C24H26N2O5/c1-30-21-12-16-11-20(23(27)26-18-10-6-5-9-17(18)24(28)29)25-19(16)13-22(21)31-14-15-7-3-2-4-8-15/h2-4,7-8,11-13,17-18,25H,5-6,9-10,14H2,1H3,(H,26,27)(H,28,29)/t17-,18+/m1/s1. The molecule has 0 spiro atoms. The highest BCUT2D eigenvalue weighted by Crippen LogP contribution is 2.33. The van der Waals surface area contributed by atoms with Gasteiger partial charge in [-0.1, -0.05) is 43.2 Å². The topological polar surface area (TPSA) is 101 Å². The number of rotatable bonds is 7. The van der Waals surface area contributed by atoms with Crippen molar-refractivity contribution < 1.29 is 24.2 Å². The number of aromatic amines is 1. The van der Waals surface area contributed by atoms with Crippen molar-refractivity contribution in [2.24, 2.45) is 5.92 Å². The molecule has 1 amide bonds. The smallest absolute Gasteiger partial charge is 0.308 e. The van der Waals surface area contributed by atoms with E-state index in [1.165, 1.54) is 0 Å². The Hall–Kier alpha value is -3.48. The molecule has 2 atom stereocenters. The zero-order valence-corrected chi connectivity index (χ0v) is 17.4. The molecule has 3 N–H and O–H groups in total. The van der Waals surface area contributed by atoms with Crippen LogP contribution in [-0.2, 0) is 11.4 Å². The lowest BCUT2D eigenvalue weighted by Gasteiger charge is -2.29. The number of aromatic nitrogens is 1. The number of carbonyl (C=O) groups excluding carboxylic acids is 1. The Morgan fingerprint density at radius 3 is 2.61 bits per heavy atom. The van der Waals surface area contributed by atoms with Gasteiger partial charge in [-0.05, 0) is 30.5 Å². The second-order valence-corrected chi connectivity index (χ2v) is 7.86. The van der Waals surface area contributed by atoms with Crippen molar-refractivity contribution in [1.29, 1.82) is 0 Å². The van der Waals surface area contributed by atoms with Crippen LogP contribution in [0, 0.1) is 5.92 Å². The fraction of sp³-hybridized carbons (Fsp3) is 0.333. The van der Waals surface area contributed by atoms with Crippen molar-refractivity contribution in [2.75, 3.05) is 7.11 Å². The summed E-state index contributed by atoms with van der Waals surface area (Å²) in [6, 6.07) is 14.9. The van der Waals surface area contributed by atoms with Gasteiger partial charge in [0, 0.05) is 23.0 Å². The monoisotopic (exact) mass is 422 g/mol. The zero-order valence-electron chi connectivity index (χ0n) is 17.4. The van der Waals surface area contributed by atoms with Crippen molar-refractivity contribution in [3.8, 4) is 11.5 Å². The summed E-state index contributed by atoms with van der Waals surface area (Å²) in [5, 5.41) is 13.2. The highest BCUT2D eigenvalue weighted by Gasteiger charge is 2.32. The molecule has 1 saturated carbocycles. The largest absolute Gasteiger partial charge is 0.493 e. The Kier molecular flexibility index (Phi) is 6.11. The first-order valence-corrected chi connectivity index (χ1v) is 10.5. The summed E-state index contributed by atoms with van der Waals surface area (Å²) in [7, 11) is 1.58. The normalized spacial score (nSPS) is 18.5. The number of amides is 1. The van der Waals surface area contributed by atoms with E-state index < -0.39 is 11.9 Å². The molecule has 3 aromatic rings. The summed E-state index contributed by atoms with van der Waals surface area (Å²) < 4.78 is 11.4. The number of benzene rings is 2. The van der Waals surface area contributed by atoms with E-state index in [-0.39, 0.29) is 11.9 Å². The maximum atomic E-state index is 12.8. The fourth-order valence-electron chi connectivity index (χ4n) is 4.12. The van der Waals surface area contributed by atoms with Gasteiger partial charge < -0.3 is 24.9 Å². The molecule has 4 rings (SSSR count). The molecule has 2 aromatic carbocycles. The Labute approximate surface area is 180 Å². The molecule has 1 fully saturated rings. The SMILES string of the molecule is COc1cc2cc(C(=O)N[C@H]3CCCC[C@H]3C(=O)O)[nH]c2cc1OCc1ccccc1. The van der Waals surface area contributed by atoms with Crippen LogP contribution in [0.3, 0.4) is 0 Å². The van der Waals surface area contributed by atoms with E-state index in [4.69, 9.17) is 9.47 Å². The van der Waals surface area contributed by atoms with Gasteiger partial charge in [0.05, 0.1) is 13.0 Å². The number of carboxylic acids is 1. The van der Waals surface area contributed by atoms with Crippen LogP contribution >= 0.6 is 0 Å². The van der Waals surface area contributed by atoms with Gasteiger partial charge in [0.1, 0.15) is 12.3 Å². The average Bonchev–Trinajstić information content (AvgIpc) is 3.21.